The Hall–Kier alpha value is -2.41. The summed E-state index contributed by atoms with van der Waals surface area (Å²) in [4.78, 5) is 37.9. The van der Waals surface area contributed by atoms with Gasteiger partial charge in [0.2, 0.25) is 17.7 Å². The Morgan fingerprint density at radius 2 is 1.83 bits per heavy atom. The number of amides is 3. The fourth-order valence-corrected chi connectivity index (χ4v) is 4.08. The molecule has 1 aromatic rings. The maximum absolute atomic E-state index is 12.5. The molecule has 2 saturated heterocycles. The lowest BCUT2D eigenvalue weighted by Gasteiger charge is -2.38. The number of imide groups is 1. The number of benzene rings is 1. The Bertz CT molecular complexity index is 764. The Morgan fingerprint density at radius 1 is 1.14 bits per heavy atom. The van der Waals surface area contributed by atoms with Gasteiger partial charge in [-0.1, -0.05) is 26.8 Å². The summed E-state index contributed by atoms with van der Waals surface area (Å²) in [6.45, 7) is 9.15. The van der Waals surface area contributed by atoms with Crippen LogP contribution < -0.4 is 16.0 Å². The number of nitrogens with one attached hydrogen (secondary N) is 3. The highest BCUT2D eigenvalue weighted by atomic mass is 16.2. The van der Waals surface area contributed by atoms with Crippen molar-refractivity contribution in [3.05, 3.63) is 24.3 Å². The fraction of sp³-hybridized carbons (Fsp3) is 0.591. The summed E-state index contributed by atoms with van der Waals surface area (Å²) in [5.41, 5.74) is 1.75. The first-order valence-corrected chi connectivity index (χ1v) is 10.4. The molecular formula is C22H32N4O3. The maximum Gasteiger partial charge on any atom is 0.249 e. The van der Waals surface area contributed by atoms with Crippen LogP contribution >= 0.6 is 0 Å². The SMILES string of the molecule is CC(C)(C)C1CCN(CC(=O)Nc2cccc(NC3CCC(=O)NC3=O)c2)CC1. The van der Waals surface area contributed by atoms with E-state index in [4.69, 9.17) is 0 Å². The van der Waals surface area contributed by atoms with Gasteiger partial charge in [0.25, 0.3) is 0 Å². The van der Waals surface area contributed by atoms with E-state index in [9.17, 15) is 14.4 Å². The number of hydrogen-bond acceptors (Lipinski definition) is 5. The minimum absolute atomic E-state index is 0.0302. The molecule has 3 amide bonds. The molecule has 0 aromatic heterocycles. The third-order valence-electron chi connectivity index (χ3n) is 5.91. The van der Waals surface area contributed by atoms with Crippen molar-refractivity contribution in [2.75, 3.05) is 30.3 Å². The van der Waals surface area contributed by atoms with Gasteiger partial charge in [-0.25, -0.2) is 0 Å². The van der Waals surface area contributed by atoms with Gasteiger partial charge in [-0.05, 0) is 61.9 Å². The highest BCUT2D eigenvalue weighted by Gasteiger charge is 2.29. The van der Waals surface area contributed by atoms with E-state index < -0.39 is 6.04 Å². The van der Waals surface area contributed by atoms with Crippen LogP contribution in [0.3, 0.4) is 0 Å². The zero-order valence-electron chi connectivity index (χ0n) is 17.6. The van der Waals surface area contributed by atoms with Crippen molar-refractivity contribution in [3.8, 4) is 0 Å². The Morgan fingerprint density at radius 3 is 2.48 bits per heavy atom. The highest BCUT2D eigenvalue weighted by Crippen LogP contribution is 2.34. The number of hydrogen-bond donors (Lipinski definition) is 3. The van der Waals surface area contributed by atoms with Gasteiger partial charge < -0.3 is 10.6 Å². The van der Waals surface area contributed by atoms with E-state index in [1.807, 2.05) is 24.3 Å². The molecule has 1 unspecified atom stereocenters. The van der Waals surface area contributed by atoms with Crippen LogP contribution in [0.25, 0.3) is 0 Å². The van der Waals surface area contributed by atoms with Gasteiger partial charge in [0.15, 0.2) is 0 Å². The average molecular weight is 401 g/mol. The molecule has 2 heterocycles. The number of rotatable bonds is 5. The van der Waals surface area contributed by atoms with Crippen LogP contribution in [0.5, 0.6) is 0 Å². The smallest absolute Gasteiger partial charge is 0.249 e. The van der Waals surface area contributed by atoms with E-state index in [1.165, 1.54) is 0 Å². The molecule has 158 valence electrons. The van der Waals surface area contributed by atoms with Crippen molar-refractivity contribution in [2.24, 2.45) is 11.3 Å². The normalized spacial score (nSPS) is 21.6. The molecule has 29 heavy (non-hydrogen) atoms. The zero-order chi connectivity index (χ0) is 21.0. The van der Waals surface area contributed by atoms with Crippen LogP contribution in [0.2, 0.25) is 0 Å². The third-order valence-corrected chi connectivity index (χ3v) is 5.91. The molecule has 2 fully saturated rings. The van der Waals surface area contributed by atoms with Crippen LogP contribution in [-0.2, 0) is 14.4 Å². The Kier molecular flexibility index (Phi) is 6.57. The number of likely N-dealkylation sites (tertiary alicyclic amines) is 1. The molecule has 1 atom stereocenters. The predicted molar refractivity (Wildman–Crippen MR) is 113 cm³/mol. The fourth-order valence-electron chi connectivity index (χ4n) is 4.08. The second kappa shape index (κ2) is 8.95. The summed E-state index contributed by atoms with van der Waals surface area (Å²) < 4.78 is 0. The molecule has 0 radical (unpaired) electrons. The van der Waals surface area contributed by atoms with Gasteiger partial charge in [-0.15, -0.1) is 0 Å². The first kappa shape index (κ1) is 21.3. The van der Waals surface area contributed by atoms with Crippen LogP contribution in [0.1, 0.15) is 46.5 Å². The molecule has 7 heteroatoms. The van der Waals surface area contributed by atoms with Gasteiger partial charge in [0, 0.05) is 17.8 Å². The van der Waals surface area contributed by atoms with E-state index in [1.54, 1.807) is 0 Å². The van der Waals surface area contributed by atoms with E-state index in [-0.39, 0.29) is 17.7 Å². The maximum atomic E-state index is 12.5. The topological polar surface area (TPSA) is 90.5 Å². The monoisotopic (exact) mass is 400 g/mol. The van der Waals surface area contributed by atoms with Crippen molar-refractivity contribution in [2.45, 2.75) is 52.5 Å². The summed E-state index contributed by atoms with van der Waals surface area (Å²) in [5, 5.41) is 8.43. The molecule has 2 aliphatic rings. The standard InChI is InChI=1S/C22H32N4O3/c1-22(2,3)15-9-11-26(12-10-15)14-20(28)24-17-6-4-5-16(13-17)23-18-7-8-19(27)25-21(18)29/h4-6,13,15,18,23H,7-12,14H2,1-3H3,(H,24,28)(H,25,27,29). The van der Waals surface area contributed by atoms with Crippen molar-refractivity contribution >= 4 is 29.1 Å². The molecule has 3 rings (SSSR count). The molecule has 3 N–H and O–H groups in total. The lowest BCUT2D eigenvalue weighted by Crippen LogP contribution is -2.47. The van der Waals surface area contributed by atoms with Crippen LogP contribution in [-0.4, -0.2) is 48.3 Å². The second-order valence-corrected chi connectivity index (χ2v) is 9.19. The minimum Gasteiger partial charge on any atom is -0.374 e. The molecule has 0 bridgehead atoms. The molecule has 0 spiro atoms. The summed E-state index contributed by atoms with van der Waals surface area (Å²) in [6, 6.07) is 6.88. The lowest BCUT2D eigenvalue weighted by atomic mass is 9.75. The third kappa shape index (κ3) is 6.03. The van der Waals surface area contributed by atoms with E-state index in [0.29, 0.717) is 36.4 Å². The lowest BCUT2D eigenvalue weighted by molar-refractivity contribution is -0.133. The van der Waals surface area contributed by atoms with Crippen molar-refractivity contribution in [1.82, 2.24) is 10.2 Å². The van der Waals surface area contributed by atoms with Crippen LogP contribution in [0.4, 0.5) is 11.4 Å². The molecule has 1 aromatic carbocycles. The Balaban J connectivity index is 1.49. The Labute approximate surface area is 172 Å². The van der Waals surface area contributed by atoms with E-state index >= 15 is 0 Å². The van der Waals surface area contributed by atoms with E-state index in [0.717, 1.165) is 31.6 Å². The number of carbonyl (C=O) groups is 3. The summed E-state index contributed by atoms with van der Waals surface area (Å²) in [5.74, 6) is 0.129. The van der Waals surface area contributed by atoms with Crippen LogP contribution in [0.15, 0.2) is 24.3 Å². The predicted octanol–water partition coefficient (Wildman–Crippen LogP) is 2.60. The molecule has 7 nitrogen and oxygen atoms in total. The van der Waals surface area contributed by atoms with Crippen molar-refractivity contribution in [1.29, 1.82) is 0 Å². The number of nitrogens with zero attached hydrogens (tertiary/aromatic N) is 1. The van der Waals surface area contributed by atoms with Gasteiger partial charge in [0.05, 0.1) is 6.54 Å². The minimum atomic E-state index is -0.442. The van der Waals surface area contributed by atoms with E-state index in [2.05, 4.69) is 41.6 Å². The second-order valence-electron chi connectivity index (χ2n) is 9.19. The van der Waals surface area contributed by atoms with Crippen molar-refractivity contribution < 1.29 is 14.4 Å². The first-order chi connectivity index (χ1) is 13.7. The highest BCUT2D eigenvalue weighted by molar-refractivity contribution is 6.01. The molecular weight excluding hydrogens is 368 g/mol. The summed E-state index contributed by atoms with van der Waals surface area (Å²) in [7, 11) is 0. The van der Waals surface area contributed by atoms with Gasteiger partial charge >= 0.3 is 0 Å². The van der Waals surface area contributed by atoms with Crippen molar-refractivity contribution in [3.63, 3.8) is 0 Å². The summed E-state index contributed by atoms with van der Waals surface area (Å²) in [6.07, 6.45) is 3.04. The largest absolute Gasteiger partial charge is 0.374 e. The quantitative estimate of drug-likeness (QED) is 0.661. The summed E-state index contributed by atoms with van der Waals surface area (Å²) >= 11 is 0. The van der Waals surface area contributed by atoms with Crippen LogP contribution in [0, 0.1) is 11.3 Å². The number of carbonyl (C=O) groups excluding carboxylic acids is 3. The molecule has 0 saturated carbocycles. The molecule has 2 aliphatic heterocycles. The van der Waals surface area contributed by atoms with Gasteiger partial charge in [0.1, 0.15) is 6.04 Å². The van der Waals surface area contributed by atoms with Gasteiger partial charge in [-0.2, -0.15) is 0 Å². The zero-order valence-corrected chi connectivity index (χ0v) is 17.6. The number of anilines is 2. The first-order valence-electron chi connectivity index (χ1n) is 10.4. The van der Waals surface area contributed by atoms with Gasteiger partial charge in [-0.3, -0.25) is 24.6 Å². The molecule has 0 aliphatic carbocycles. The number of piperidine rings is 2. The average Bonchev–Trinajstić information content (AvgIpc) is 2.64.